The Balaban J connectivity index is 2.10. The molecule has 1 fully saturated rings. The maximum absolute atomic E-state index is 4.40. The summed E-state index contributed by atoms with van der Waals surface area (Å²) in [6.07, 6.45) is 1.93. The van der Waals surface area contributed by atoms with E-state index in [4.69, 9.17) is 0 Å². The maximum atomic E-state index is 4.40. The fourth-order valence-corrected chi connectivity index (χ4v) is 1.54. The van der Waals surface area contributed by atoms with Crippen molar-refractivity contribution in [3.63, 3.8) is 0 Å². The molecule has 1 saturated heterocycles. The highest BCUT2D eigenvalue weighted by Gasteiger charge is 2.10. The lowest BCUT2D eigenvalue weighted by molar-refractivity contribution is 0.585. The van der Waals surface area contributed by atoms with Crippen molar-refractivity contribution in [1.82, 2.24) is 10.3 Å². The van der Waals surface area contributed by atoms with Gasteiger partial charge in [0.2, 0.25) is 0 Å². The first kappa shape index (κ1) is 8.57. The number of anilines is 1. The SMILES string of the molecule is Bc1ccc(N2CCNCC2)nc1. The van der Waals surface area contributed by atoms with Gasteiger partial charge in [0, 0.05) is 32.4 Å². The van der Waals surface area contributed by atoms with Gasteiger partial charge in [-0.2, -0.15) is 0 Å². The summed E-state index contributed by atoms with van der Waals surface area (Å²) in [5.41, 5.74) is 1.22. The van der Waals surface area contributed by atoms with Crippen LogP contribution in [-0.2, 0) is 0 Å². The van der Waals surface area contributed by atoms with Crippen molar-refractivity contribution in [3.05, 3.63) is 18.3 Å². The van der Waals surface area contributed by atoms with Crippen LogP contribution in [0.3, 0.4) is 0 Å². The monoisotopic (exact) mass is 175 g/mol. The maximum Gasteiger partial charge on any atom is 0.141 e. The molecule has 68 valence electrons. The van der Waals surface area contributed by atoms with Crippen molar-refractivity contribution in [2.75, 3.05) is 31.1 Å². The number of piperazine rings is 1. The first-order chi connectivity index (χ1) is 6.36. The molecule has 1 aromatic heterocycles. The lowest BCUT2D eigenvalue weighted by Gasteiger charge is -2.28. The summed E-state index contributed by atoms with van der Waals surface area (Å²) in [5, 5.41) is 3.33. The molecule has 1 aliphatic rings. The third kappa shape index (κ3) is 2.01. The van der Waals surface area contributed by atoms with Crippen molar-refractivity contribution in [1.29, 1.82) is 0 Å². The van der Waals surface area contributed by atoms with Gasteiger partial charge in [-0.1, -0.05) is 11.5 Å². The minimum Gasteiger partial charge on any atom is -0.354 e. The van der Waals surface area contributed by atoms with Crippen LogP contribution in [0.25, 0.3) is 0 Å². The summed E-state index contributed by atoms with van der Waals surface area (Å²) in [7, 11) is 2.06. The molecular weight excluding hydrogens is 161 g/mol. The minimum absolute atomic E-state index is 1.07. The molecule has 1 N–H and O–H groups in total. The molecule has 0 atom stereocenters. The molecule has 2 rings (SSSR count). The highest BCUT2D eigenvalue weighted by atomic mass is 15.2. The van der Waals surface area contributed by atoms with Crippen LogP contribution in [0.15, 0.2) is 18.3 Å². The summed E-state index contributed by atoms with van der Waals surface area (Å²) < 4.78 is 0. The Labute approximate surface area is 79.6 Å². The van der Waals surface area contributed by atoms with E-state index in [1.807, 2.05) is 6.20 Å². The van der Waals surface area contributed by atoms with Crippen LogP contribution in [-0.4, -0.2) is 39.0 Å². The molecule has 4 heteroatoms. The third-order valence-electron chi connectivity index (χ3n) is 2.34. The number of pyridine rings is 1. The number of nitrogens with zero attached hydrogens (tertiary/aromatic N) is 2. The van der Waals surface area contributed by atoms with Crippen LogP contribution in [0.2, 0.25) is 0 Å². The largest absolute Gasteiger partial charge is 0.354 e. The van der Waals surface area contributed by atoms with Gasteiger partial charge in [0.15, 0.2) is 0 Å². The normalized spacial score (nSPS) is 17.4. The molecular formula is C9H14BN3. The zero-order chi connectivity index (χ0) is 9.10. The quantitative estimate of drug-likeness (QED) is 0.540. The van der Waals surface area contributed by atoms with Crippen molar-refractivity contribution in [3.8, 4) is 0 Å². The van der Waals surface area contributed by atoms with E-state index >= 15 is 0 Å². The Hall–Kier alpha value is -1.03. The number of nitrogens with one attached hydrogen (secondary N) is 1. The van der Waals surface area contributed by atoms with Gasteiger partial charge >= 0.3 is 0 Å². The first-order valence-corrected chi connectivity index (χ1v) is 4.74. The van der Waals surface area contributed by atoms with Crippen LogP contribution in [0.5, 0.6) is 0 Å². The third-order valence-corrected chi connectivity index (χ3v) is 2.34. The summed E-state index contributed by atoms with van der Waals surface area (Å²) in [5.74, 6) is 1.10. The first-order valence-electron chi connectivity index (χ1n) is 4.74. The zero-order valence-electron chi connectivity index (χ0n) is 7.95. The topological polar surface area (TPSA) is 28.2 Å². The van der Waals surface area contributed by atoms with E-state index in [0.717, 1.165) is 32.0 Å². The van der Waals surface area contributed by atoms with Crippen LogP contribution in [0.1, 0.15) is 0 Å². The van der Waals surface area contributed by atoms with E-state index in [-0.39, 0.29) is 0 Å². The van der Waals surface area contributed by atoms with Crippen molar-refractivity contribution in [2.24, 2.45) is 0 Å². The summed E-state index contributed by atoms with van der Waals surface area (Å²) in [6.45, 7) is 4.26. The van der Waals surface area contributed by atoms with Crippen LogP contribution >= 0.6 is 0 Å². The molecule has 1 aliphatic heterocycles. The molecule has 0 bridgehead atoms. The van der Waals surface area contributed by atoms with Crippen LogP contribution < -0.4 is 15.7 Å². The molecule has 3 nitrogen and oxygen atoms in total. The highest BCUT2D eigenvalue weighted by molar-refractivity contribution is 6.32. The van der Waals surface area contributed by atoms with E-state index in [1.165, 1.54) is 5.46 Å². The Bertz CT molecular complexity index is 267. The predicted molar refractivity (Wildman–Crippen MR) is 57.5 cm³/mol. The molecule has 0 radical (unpaired) electrons. The van der Waals surface area contributed by atoms with Crippen LogP contribution in [0, 0.1) is 0 Å². The molecule has 1 aromatic rings. The van der Waals surface area contributed by atoms with Gasteiger partial charge in [-0.3, -0.25) is 0 Å². The Morgan fingerprint density at radius 1 is 1.31 bits per heavy atom. The standard InChI is InChI=1S/C9H14BN3/c10-8-1-2-9(12-7-8)13-5-3-11-4-6-13/h1-2,7,11H,3-6,10H2. The van der Waals surface area contributed by atoms with Crippen LogP contribution in [0.4, 0.5) is 5.82 Å². The van der Waals surface area contributed by atoms with Gasteiger partial charge < -0.3 is 10.2 Å². The van der Waals surface area contributed by atoms with E-state index in [0.29, 0.717) is 0 Å². The smallest absolute Gasteiger partial charge is 0.141 e. The molecule has 0 amide bonds. The number of rotatable bonds is 1. The minimum atomic E-state index is 1.07. The van der Waals surface area contributed by atoms with Gasteiger partial charge in [0.05, 0.1) is 0 Å². The number of aromatic nitrogens is 1. The second kappa shape index (κ2) is 3.79. The molecule has 13 heavy (non-hydrogen) atoms. The average Bonchev–Trinajstić information content (AvgIpc) is 2.20. The Morgan fingerprint density at radius 2 is 2.08 bits per heavy atom. The fraction of sp³-hybridized carbons (Fsp3) is 0.444. The van der Waals surface area contributed by atoms with E-state index in [2.05, 4.69) is 35.2 Å². The molecule has 0 spiro atoms. The Kier molecular flexibility index (Phi) is 2.50. The van der Waals surface area contributed by atoms with E-state index in [9.17, 15) is 0 Å². The summed E-state index contributed by atoms with van der Waals surface area (Å²) in [6, 6.07) is 4.21. The van der Waals surface area contributed by atoms with E-state index in [1.54, 1.807) is 0 Å². The van der Waals surface area contributed by atoms with Crippen molar-refractivity contribution in [2.45, 2.75) is 0 Å². The lowest BCUT2D eigenvalue weighted by Crippen LogP contribution is -2.43. The lowest BCUT2D eigenvalue weighted by atomic mass is 9.99. The zero-order valence-corrected chi connectivity index (χ0v) is 7.95. The second-order valence-corrected chi connectivity index (χ2v) is 3.43. The Morgan fingerprint density at radius 3 is 2.69 bits per heavy atom. The average molecular weight is 175 g/mol. The predicted octanol–water partition coefficient (Wildman–Crippen LogP) is -1.25. The number of hydrogen-bond donors (Lipinski definition) is 1. The van der Waals surface area contributed by atoms with E-state index < -0.39 is 0 Å². The fourth-order valence-electron chi connectivity index (χ4n) is 1.54. The summed E-state index contributed by atoms with van der Waals surface area (Å²) in [4.78, 5) is 6.72. The molecule has 0 aromatic carbocycles. The van der Waals surface area contributed by atoms with Gasteiger partial charge in [0.25, 0.3) is 0 Å². The van der Waals surface area contributed by atoms with Crippen molar-refractivity contribution < 1.29 is 0 Å². The van der Waals surface area contributed by atoms with Gasteiger partial charge in [0.1, 0.15) is 13.7 Å². The van der Waals surface area contributed by atoms with Gasteiger partial charge in [-0.15, -0.1) is 0 Å². The molecule has 0 saturated carbocycles. The number of hydrogen-bond acceptors (Lipinski definition) is 3. The highest BCUT2D eigenvalue weighted by Crippen LogP contribution is 2.08. The molecule has 0 unspecified atom stereocenters. The molecule has 0 aliphatic carbocycles. The summed E-state index contributed by atoms with van der Waals surface area (Å²) >= 11 is 0. The van der Waals surface area contributed by atoms with Gasteiger partial charge in [-0.25, -0.2) is 4.98 Å². The molecule has 2 heterocycles. The van der Waals surface area contributed by atoms with Gasteiger partial charge in [-0.05, 0) is 6.07 Å². The van der Waals surface area contributed by atoms with Crippen molar-refractivity contribution >= 4 is 19.1 Å². The second-order valence-electron chi connectivity index (χ2n) is 3.43.